The number of imidazole rings is 1. The van der Waals surface area contributed by atoms with Crippen molar-refractivity contribution >= 4 is 23.0 Å². The van der Waals surface area contributed by atoms with Gasteiger partial charge in [0.25, 0.3) is 0 Å². The van der Waals surface area contributed by atoms with Gasteiger partial charge in [-0.3, -0.25) is 9.59 Å². The zero-order chi connectivity index (χ0) is 31.9. The predicted octanol–water partition coefficient (Wildman–Crippen LogP) is 8.57. The number of carboxylic acid groups (broad SMARTS) is 1. The van der Waals surface area contributed by atoms with E-state index in [1.54, 1.807) is 0 Å². The second-order valence-corrected chi connectivity index (χ2v) is 12.7. The molecule has 0 aliphatic heterocycles. The maximum absolute atomic E-state index is 13.7. The number of hydrogen-bond donors (Lipinski definition) is 2. The smallest absolute Gasteiger partial charge is 0.303 e. The summed E-state index contributed by atoms with van der Waals surface area (Å²) < 4.78 is 1.88. The Morgan fingerprint density at radius 2 is 1.36 bits per heavy atom. The summed E-state index contributed by atoms with van der Waals surface area (Å²) in [6.07, 6.45) is 4.96. The highest BCUT2D eigenvalue weighted by atomic mass is 16.4. The normalized spacial score (nSPS) is 11.5. The van der Waals surface area contributed by atoms with E-state index in [-0.39, 0.29) is 18.2 Å². The van der Waals surface area contributed by atoms with Gasteiger partial charge in [-0.2, -0.15) is 0 Å². The van der Waals surface area contributed by atoms with E-state index in [0.29, 0.717) is 41.8 Å². The molecule has 0 atom stereocenters. The number of carboxylic acids is 1. The summed E-state index contributed by atoms with van der Waals surface area (Å²) in [4.78, 5) is 29.3. The summed E-state index contributed by atoms with van der Waals surface area (Å²) >= 11 is 0. The first-order chi connectivity index (χ1) is 21.7. The molecule has 0 aliphatic carbocycles. The molecule has 0 aliphatic rings. The second-order valence-electron chi connectivity index (χ2n) is 12.7. The molecule has 0 radical (unpaired) electrons. The molecule has 5 rings (SSSR count). The van der Waals surface area contributed by atoms with E-state index in [4.69, 9.17) is 5.11 Å². The maximum Gasteiger partial charge on any atom is 0.303 e. The van der Waals surface area contributed by atoms with Gasteiger partial charge in [0.15, 0.2) is 0 Å². The van der Waals surface area contributed by atoms with Crippen LogP contribution in [0.4, 0.5) is 5.69 Å². The first kappa shape index (κ1) is 31.7. The number of hydrogen-bond acceptors (Lipinski definition) is 4. The highest BCUT2D eigenvalue weighted by Crippen LogP contribution is 2.29. The molecule has 2 heterocycles. The van der Waals surface area contributed by atoms with Crippen molar-refractivity contribution in [2.24, 2.45) is 11.8 Å². The third-order valence-electron chi connectivity index (χ3n) is 8.00. The van der Waals surface area contributed by atoms with Crippen molar-refractivity contribution < 1.29 is 14.7 Å². The number of aromatic nitrogens is 2. The topological polar surface area (TPSA) is 83.7 Å². The number of rotatable bonds is 14. The molecule has 0 saturated carbocycles. The third kappa shape index (κ3) is 8.07. The zero-order valence-electron chi connectivity index (χ0n) is 26.7. The van der Waals surface area contributed by atoms with E-state index in [1.807, 2.05) is 53.1 Å². The van der Waals surface area contributed by atoms with Crippen LogP contribution in [-0.4, -0.2) is 26.2 Å². The van der Waals surface area contributed by atoms with Gasteiger partial charge >= 0.3 is 5.97 Å². The van der Waals surface area contributed by atoms with Crippen LogP contribution in [0.2, 0.25) is 0 Å². The maximum atomic E-state index is 13.7. The highest BCUT2D eigenvalue weighted by molar-refractivity contribution is 6.12. The summed E-state index contributed by atoms with van der Waals surface area (Å²) in [5.41, 5.74) is 7.59. The molecule has 6 nitrogen and oxygen atoms in total. The lowest BCUT2D eigenvalue weighted by atomic mass is 9.93. The van der Waals surface area contributed by atoms with Gasteiger partial charge in [-0.15, -0.1) is 0 Å². The van der Waals surface area contributed by atoms with Crippen LogP contribution < -0.4 is 5.32 Å². The number of carbonyl (C=O) groups is 2. The Balaban J connectivity index is 1.39. The number of ketones is 1. The standard InChI is InChI=1S/C39H43N3O3/c1-26(2)24-28-11-15-30(16-12-28)37(31-17-13-29(14-18-31)25-27(3)4)40-33-21-19-32(20-22-33)39(45)38-34-8-5-6-23-42(34)35(41-38)9-7-10-36(43)44/h5-6,8,11-23,26-27,37,40H,7,9-10,24-25H2,1-4H3,(H,43,44). The molecule has 6 heteroatoms. The number of benzene rings is 3. The Hall–Kier alpha value is -4.71. The lowest BCUT2D eigenvalue weighted by Gasteiger charge is -2.22. The number of nitrogens with one attached hydrogen (secondary N) is 1. The molecule has 232 valence electrons. The van der Waals surface area contributed by atoms with E-state index in [1.165, 1.54) is 22.3 Å². The van der Waals surface area contributed by atoms with Crippen LogP contribution in [0, 0.1) is 11.8 Å². The molecule has 3 aromatic carbocycles. The lowest BCUT2D eigenvalue weighted by Crippen LogP contribution is -2.13. The minimum absolute atomic E-state index is 0.0572. The first-order valence-electron chi connectivity index (χ1n) is 15.9. The minimum Gasteiger partial charge on any atom is -0.481 e. The third-order valence-corrected chi connectivity index (χ3v) is 8.00. The van der Waals surface area contributed by atoms with E-state index in [9.17, 15) is 9.59 Å². The number of fused-ring (bicyclic) bond motifs is 1. The van der Waals surface area contributed by atoms with Gasteiger partial charge in [0, 0.05) is 30.3 Å². The molecule has 0 saturated heterocycles. The van der Waals surface area contributed by atoms with Crippen LogP contribution in [0.15, 0.2) is 97.2 Å². The van der Waals surface area contributed by atoms with Gasteiger partial charge in [0.05, 0.1) is 11.6 Å². The van der Waals surface area contributed by atoms with Crippen molar-refractivity contribution in [1.82, 2.24) is 9.38 Å². The quantitative estimate of drug-likeness (QED) is 0.125. The minimum atomic E-state index is -0.839. The molecule has 0 amide bonds. The van der Waals surface area contributed by atoms with Crippen LogP contribution in [-0.2, 0) is 24.1 Å². The number of anilines is 1. The molecule has 0 bridgehead atoms. The highest BCUT2D eigenvalue weighted by Gasteiger charge is 2.20. The molecule has 0 unspecified atom stereocenters. The summed E-state index contributed by atoms with van der Waals surface area (Å²) in [5.74, 6) is 0.892. The monoisotopic (exact) mass is 601 g/mol. The molecule has 0 spiro atoms. The fourth-order valence-electron chi connectivity index (χ4n) is 5.86. The Kier molecular flexibility index (Phi) is 10.1. The predicted molar refractivity (Wildman–Crippen MR) is 181 cm³/mol. The van der Waals surface area contributed by atoms with E-state index >= 15 is 0 Å². The van der Waals surface area contributed by atoms with E-state index in [0.717, 1.165) is 24.0 Å². The molecule has 45 heavy (non-hydrogen) atoms. The Morgan fingerprint density at radius 1 is 0.778 bits per heavy atom. The van der Waals surface area contributed by atoms with E-state index in [2.05, 4.69) is 86.5 Å². The largest absolute Gasteiger partial charge is 0.481 e. The van der Waals surface area contributed by atoms with Gasteiger partial charge in [-0.05, 0) is 89.8 Å². The molecule has 5 aromatic rings. The Bertz CT molecular complexity index is 1680. The Labute approximate surface area is 266 Å². The van der Waals surface area contributed by atoms with Crippen molar-refractivity contribution in [2.45, 2.75) is 65.8 Å². The van der Waals surface area contributed by atoms with Gasteiger partial charge < -0.3 is 14.8 Å². The average Bonchev–Trinajstić information content (AvgIpc) is 3.38. The van der Waals surface area contributed by atoms with Crippen LogP contribution in [0.1, 0.15) is 90.7 Å². The zero-order valence-corrected chi connectivity index (χ0v) is 26.7. The number of carbonyl (C=O) groups excluding carboxylic acids is 1. The van der Waals surface area contributed by atoms with Crippen molar-refractivity contribution in [2.75, 3.05) is 5.32 Å². The van der Waals surface area contributed by atoms with Crippen molar-refractivity contribution in [3.8, 4) is 0 Å². The van der Waals surface area contributed by atoms with Gasteiger partial charge in [-0.25, -0.2) is 4.98 Å². The summed E-state index contributed by atoms with van der Waals surface area (Å²) in [5, 5.41) is 12.8. The fraction of sp³-hybridized carbons (Fsp3) is 0.308. The molecule has 2 N–H and O–H groups in total. The van der Waals surface area contributed by atoms with Crippen molar-refractivity contribution in [3.05, 3.63) is 137 Å². The first-order valence-corrected chi connectivity index (χ1v) is 15.9. The van der Waals surface area contributed by atoms with Crippen LogP contribution in [0.25, 0.3) is 5.52 Å². The van der Waals surface area contributed by atoms with Gasteiger partial charge in [0.1, 0.15) is 11.5 Å². The fourth-order valence-corrected chi connectivity index (χ4v) is 5.86. The van der Waals surface area contributed by atoms with Crippen molar-refractivity contribution in [3.63, 3.8) is 0 Å². The summed E-state index contributed by atoms with van der Waals surface area (Å²) in [6.45, 7) is 8.95. The molecule has 0 fully saturated rings. The number of aliphatic carboxylic acids is 1. The SMILES string of the molecule is CC(C)Cc1ccc(C(Nc2ccc(C(=O)c3nc(CCCC(=O)O)n4ccccc34)cc2)c2ccc(CC(C)C)cc2)cc1. The number of aryl methyl sites for hydroxylation is 1. The second kappa shape index (κ2) is 14.4. The molecule has 2 aromatic heterocycles. The Morgan fingerprint density at radius 3 is 1.89 bits per heavy atom. The summed E-state index contributed by atoms with van der Waals surface area (Å²) in [6, 6.07) is 30.9. The van der Waals surface area contributed by atoms with Gasteiger partial charge in [-0.1, -0.05) is 82.3 Å². The van der Waals surface area contributed by atoms with Crippen LogP contribution in [0.5, 0.6) is 0 Å². The van der Waals surface area contributed by atoms with Crippen molar-refractivity contribution in [1.29, 1.82) is 0 Å². The van der Waals surface area contributed by atoms with Crippen LogP contribution in [0.3, 0.4) is 0 Å². The molecular weight excluding hydrogens is 558 g/mol. The van der Waals surface area contributed by atoms with Gasteiger partial charge in [0.2, 0.25) is 5.78 Å². The molecular formula is C39H43N3O3. The number of pyridine rings is 1. The lowest BCUT2D eigenvalue weighted by molar-refractivity contribution is -0.137. The summed E-state index contributed by atoms with van der Waals surface area (Å²) in [7, 11) is 0. The van der Waals surface area contributed by atoms with Crippen LogP contribution >= 0.6 is 0 Å². The van der Waals surface area contributed by atoms with E-state index < -0.39 is 5.97 Å². The average molecular weight is 602 g/mol. The number of nitrogens with zero attached hydrogens (tertiary/aromatic N) is 2.